The van der Waals surface area contributed by atoms with Crippen molar-refractivity contribution in [3.63, 3.8) is 0 Å². The first-order valence-electron chi connectivity index (χ1n) is 6.16. The Balaban J connectivity index is 2.23. The third kappa shape index (κ3) is 2.72. The predicted molar refractivity (Wildman–Crippen MR) is 72.5 cm³/mol. The summed E-state index contributed by atoms with van der Waals surface area (Å²) in [6, 6.07) is 3.73. The lowest BCUT2D eigenvalue weighted by molar-refractivity contribution is -0.0444. The Morgan fingerprint density at radius 1 is 1.67 bits per heavy atom. The summed E-state index contributed by atoms with van der Waals surface area (Å²) >= 11 is 3.33. The summed E-state index contributed by atoms with van der Waals surface area (Å²) in [5.74, 6) is 0.0250. The molecule has 98 valence electrons. The Morgan fingerprint density at radius 3 is 3.11 bits per heavy atom. The maximum Gasteiger partial charge on any atom is 0.257 e. The fourth-order valence-electron chi connectivity index (χ4n) is 2.13. The van der Waals surface area contributed by atoms with Crippen LogP contribution < -0.4 is 0 Å². The van der Waals surface area contributed by atoms with Gasteiger partial charge in [-0.05, 0) is 41.4 Å². The van der Waals surface area contributed by atoms with Crippen LogP contribution in [0.4, 0.5) is 0 Å². The van der Waals surface area contributed by atoms with Crippen molar-refractivity contribution in [2.75, 3.05) is 13.2 Å². The van der Waals surface area contributed by atoms with Crippen LogP contribution in [0, 0.1) is 0 Å². The zero-order valence-electron chi connectivity index (χ0n) is 10.6. The van der Waals surface area contributed by atoms with E-state index in [9.17, 15) is 4.79 Å². The number of aromatic nitrogens is 1. The number of carbonyl (C=O) groups excluding carboxylic acids is 1. The minimum Gasteiger partial charge on any atom is -0.375 e. The highest BCUT2D eigenvalue weighted by Crippen LogP contribution is 2.21. The van der Waals surface area contributed by atoms with Gasteiger partial charge in [0.05, 0.1) is 24.3 Å². The standard InChI is InChI=1S/C13H17BrN2O2/c1-3-10-8-18-9(2)7-16(10)13(17)11-5-4-6-15-12(11)14/h4-6,9-10H,3,7-8H2,1-2H3. The van der Waals surface area contributed by atoms with Crippen LogP contribution in [0.1, 0.15) is 30.6 Å². The van der Waals surface area contributed by atoms with Crippen molar-refractivity contribution in [2.24, 2.45) is 0 Å². The first kappa shape index (κ1) is 13.5. The average Bonchev–Trinajstić information content (AvgIpc) is 2.38. The maximum atomic E-state index is 12.5. The Labute approximate surface area is 115 Å². The van der Waals surface area contributed by atoms with Crippen LogP contribution >= 0.6 is 15.9 Å². The van der Waals surface area contributed by atoms with Crippen molar-refractivity contribution in [2.45, 2.75) is 32.4 Å². The molecule has 1 aromatic rings. The normalized spacial score (nSPS) is 24.1. The van der Waals surface area contributed by atoms with E-state index in [1.165, 1.54) is 0 Å². The van der Waals surface area contributed by atoms with Gasteiger partial charge in [-0.1, -0.05) is 6.92 Å². The molecule has 0 spiro atoms. The summed E-state index contributed by atoms with van der Waals surface area (Å²) in [7, 11) is 0. The van der Waals surface area contributed by atoms with Gasteiger partial charge in [-0.25, -0.2) is 4.98 Å². The van der Waals surface area contributed by atoms with Gasteiger partial charge >= 0.3 is 0 Å². The van der Waals surface area contributed by atoms with Crippen LogP contribution in [0.15, 0.2) is 22.9 Å². The summed E-state index contributed by atoms with van der Waals surface area (Å²) in [4.78, 5) is 18.5. The highest BCUT2D eigenvalue weighted by atomic mass is 79.9. The first-order valence-corrected chi connectivity index (χ1v) is 6.95. The quantitative estimate of drug-likeness (QED) is 0.788. The molecular formula is C13H17BrN2O2. The smallest absolute Gasteiger partial charge is 0.257 e. The number of ether oxygens (including phenoxy) is 1. The Kier molecular flexibility index (Phi) is 4.35. The molecule has 0 saturated carbocycles. The second kappa shape index (κ2) is 5.80. The molecule has 18 heavy (non-hydrogen) atoms. The zero-order chi connectivity index (χ0) is 13.1. The number of hydrogen-bond acceptors (Lipinski definition) is 3. The molecular weight excluding hydrogens is 296 g/mol. The second-order valence-electron chi connectivity index (χ2n) is 4.51. The summed E-state index contributed by atoms with van der Waals surface area (Å²) in [5, 5.41) is 0. The van der Waals surface area contributed by atoms with Crippen LogP contribution in [0.3, 0.4) is 0 Å². The van der Waals surface area contributed by atoms with E-state index in [-0.39, 0.29) is 18.1 Å². The number of hydrogen-bond donors (Lipinski definition) is 0. The maximum absolute atomic E-state index is 12.5. The van der Waals surface area contributed by atoms with Gasteiger partial charge in [-0.15, -0.1) is 0 Å². The molecule has 0 radical (unpaired) electrons. The molecule has 0 aliphatic carbocycles. The van der Waals surface area contributed by atoms with Crippen LogP contribution in [0.25, 0.3) is 0 Å². The molecule has 1 fully saturated rings. The lowest BCUT2D eigenvalue weighted by Gasteiger charge is -2.38. The minimum atomic E-state index is 0.0250. The van der Waals surface area contributed by atoms with Crippen molar-refractivity contribution in [1.29, 1.82) is 0 Å². The van der Waals surface area contributed by atoms with Gasteiger partial charge in [0.2, 0.25) is 0 Å². The molecule has 2 unspecified atom stereocenters. The summed E-state index contributed by atoms with van der Waals surface area (Å²) < 4.78 is 6.21. The molecule has 2 atom stereocenters. The van der Waals surface area contributed by atoms with E-state index < -0.39 is 0 Å². The van der Waals surface area contributed by atoms with Gasteiger partial charge < -0.3 is 9.64 Å². The van der Waals surface area contributed by atoms with E-state index in [0.29, 0.717) is 23.3 Å². The van der Waals surface area contributed by atoms with E-state index in [1.807, 2.05) is 11.8 Å². The lowest BCUT2D eigenvalue weighted by atomic mass is 10.1. The number of carbonyl (C=O) groups is 1. The van der Waals surface area contributed by atoms with Crippen molar-refractivity contribution >= 4 is 21.8 Å². The van der Waals surface area contributed by atoms with Crippen LogP contribution in [0.5, 0.6) is 0 Å². The highest BCUT2D eigenvalue weighted by Gasteiger charge is 2.30. The van der Waals surface area contributed by atoms with E-state index in [2.05, 4.69) is 27.8 Å². The predicted octanol–water partition coefficient (Wildman–Crippen LogP) is 2.48. The van der Waals surface area contributed by atoms with Gasteiger partial charge in [0.15, 0.2) is 0 Å². The minimum absolute atomic E-state index is 0.0250. The molecule has 2 rings (SSSR count). The largest absolute Gasteiger partial charge is 0.375 e. The second-order valence-corrected chi connectivity index (χ2v) is 5.26. The lowest BCUT2D eigenvalue weighted by Crippen LogP contribution is -2.51. The van der Waals surface area contributed by atoms with E-state index >= 15 is 0 Å². The van der Waals surface area contributed by atoms with E-state index in [4.69, 9.17) is 4.74 Å². The molecule has 0 N–H and O–H groups in total. The zero-order valence-corrected chi connectivity index (χ0v) is 12.2. The van der Waals surface area contributed by atoms with Gasteiger partial charge in [-0.2, -0.15) is 0 Å². The van der Waals surface area contributed by atoms with Crippen LogP contribution in [-0.4, -0.2) is 41.1 Å². The van der Waals surface area contributed by atoms with Crippen LogP contribution in [0.2, 0.25) is 0 Å². The van der Waals surface area contributed by atoms with Gasteiger partial charge in [-0.3, -0.25) is 4.79 Å². The number of amides is 1. The van der Waals surface area contributed by atoms with Crippen molar-refractivity contribution in [3.8, 4) is 0 Å². The molecule has 0 bridgehead atoms. The molecule has 0 aromatic carbocycles. The van der Waals surface area contributed by atoms with E-state index in [0.717, 1.165) is 6.42 Å². The number of morpholine rings is 1. The third-order valence-electron chi connectivity index (χ3n) is 3.19. The molecule has 5 heteroatoms. The number of nitrogens with zero attached hydrogens (tertiary/aromatic N) is 2. The third-order valence-corrected chi connectivity index (χ3v) is 3.82. The van der Waals surface area contributed by atoms with Gasteiger partial charge in [0.25, 0.3) is 5.91 Å². The molecule has 1 aliphatic rings. The van der Waals surface area contributed by atoms with Gasteiger partial charge in [0.1, 0.15) is 4.60 Å². The summed E-state index contributed by atoms with van der Waals surface area (Å²) in [6.45, 7) is 5.31. The summed E-state index contributed by atoms with van der Waals surface area (Å²) in [5.41, 5.74) is 0.616. The molecule has 2 heterocycles. The fraction of sp³-hybridized carbons (Fsp3) is 0.538. The summed E-state index contributed by atoms with van der Waals surface area (Å²) in [6.07, 6.45) is 2.66. The fourth-order valence-corrected chi connectivity index (χ4v) is 2.55. The molecule has 1 saturated heterocycles. The van der Waals surface area contributed by atoms with Crippen LogP contribution in [-0.2, 0) is 4.74 Å². The van der Waals surface area contributed by atoms with Crippen molar-refractivity contribution in [1.82, 2.24) is 9.88 Å². The number of pyridine rings is 1. The molecule has 4 nitrogen and oxygen atoms in total. The Morgan fingerprint density at radius 2 is 2.44 bits per heavy atom. The number of rotatable bonds is 2. The van der Waals surface area contributed by atoms with Gasteiger partial charge in [0, 0.05) is 12.7 Å². The van der Waals surface area contributed by atoms with Crippen molar-refractivity contribution in [3.05, 3.63) is 28.5 Å². The molecule has 1 amide bonds. The molecule has 1 aliphatic heterocycles. The SMILES string of the molecule is CCC1COC(C)CN1C(=O)c1cccnc1Br. The first-order chi connectivity index (χ1) is 8.63. The average molecular weight is 313 g/mol. The monoisotopic (exact) mass is 312 g/mol. The topological polar surface area (TPSA) is 42.4 Å². The Bertz CT molecular complexity index is 439. The van der Waals surface area contributed by atoms with E-state index in [1.54, 1.807) is 18.3 Å². The Hall–Kier alpha value is -0.940. The van der Waals surface area contributed by atoms with Crippen molar-refractivity contribution < 1.29 is 9.53 Å². The number of halogens is 1. The molecule has 1 aromatic heterocycles. The highest BCUT2D eigenvalue weighted by molar-refractivity contribution is 9.10.